The summed E-state index contributed by atoms with van der Waals surface area (Å²) in [7, 11) is 0. The molecule has 104 valence electrons. The highest BCUT2D eigenvalue weighted by molar-refractivity contribution is 8.00. The van der Waals surface area contributed by atoms with E-state index in [1.54, 1.807) is 36.2 Å². The van der Waals surface area contributed by atoms with Gasteiger partial charge in [0.15, 0.2) is 5.78 Å². The molecule has 4 rings (SSSR count). The standard InChI is InChI=1S/C17H12O3S/c18-17-12-4-1-2-5-14(12)21-15-8-7-11(10-13(15)17)20-16-6-3-9-19-16/h1-4,6-10,14H,5H2. The molecule has 0 bridgehead atoms. The van der Waals surface area contributed by atoms with Crippen LogP contribution >= 0.6 is 11.8 Å². The van der Waals surface area contributed by atoms with Crippen LogP contribution in [-0.4, -0.2) is 11.0 Å². The molecule has 3 nitrogen and oxygen atoms in total. The Hall–Kier alpha value is -2.20. The number of Topliss-reactive ketones (excluding diaryl/α,β-unsaturated/α-hetero) is 1. The lowest BCUT2D eigenvalue weighted by Crippen LogP contribution is -2.22. The number of ketones is 1. The lowest BCUT2D eigenvalue weighted by atomic mass is 9.95. The third-order valence-corrected chi connectivity index (χ3v) is 4.89. The molecule has 1 unspecified atom stereocenters. The molecule has 0 fully saturated rings. The van der Waals surface area contributed by atoms with Crippen molar-refractivity contribution in [3.8, 4) is 11.7 Å². The number of hydrogen-bond acceptors (Lipinski definition) is 4. The van der Waals surface area contributed by atoms with E-state index in [0.29, 0.717) is 17.3 Å². The number of ether oxygens (including phenoxy) is 1. The maximum atomic E-state index is 12.6. The average molecular weight is 296 g/mol. The first-order valence-corrected chi connectivity index (χ1v) is 7.63. The second-order valence-electron chi connectivity index (χ2n) is 4.91. The number of hydrogen-bond donors (Lipinski definition) is 0. The summed E-state index contributed by atoms with van der Waals surface area (Å²) in [6.45, 7) is 0. The van der Waals surface area contributed by atoms with E-state index in [1.165, 1.54) is 0 Å². The SMILES string of the molecule is O=C1C2=CC=CCC2Sc2ccc(Oc3ccco3)cc21. The van der Waals surface area contributed by atoms with Gasteiger partial charge >= 0.3 is 0 Å². The van der Waals surface area contributed by atoms with Crippen LogP contribution in [0.5, 0.6) is 11.7 Å². The number of carbonyl (C=O) groups is 1. The number of thioether (sulfide) groups is 1. The van der Waals surface area contributed by atoms with Crippen LogP contribution in [0.4, 0.5) is 0 Å². The number of carbonyl (C=O) groups excluding carboxylic acids is 1. The number of benzene rings is 1. The Labute approximate surface area is 126 Å². The fraction of sp³-hybridized carbons (Fsp3) is 0.118. The number of allylic oxidation sites excluding steroid dienone is 3. The second kappa shape index (κ2) is 4.97. The van der Waals surface area contributed by atoms with Gasteiger partial charge < -0.3 is 9.15 Å². The zero-order chi connectivity index (χ0) is 14.2. The minimum atomic E-state index is 0.1000. The molecule has 4 heteroatoms. The predicted octanol–water partition coefficient (Wildman–Crippen LogP) is 4.62. The van der Waals surface area contributed by atoms with E-state index in [-0.39, 0.29) is 11.0 Å². The van der Waals surface area contributed by atoms with Crippen LogP contribution in [0.2, 0.25) is 0 Å². The van der Waals surface area contributed by atoms with Gasteiger partial charge in [-0.3, -0.25) is 4.79 Å². The van der Waals surface area contributed by atoms with E-state index in [1.807, 2.05) is 24.3 Å². The Morgan fingerprint density at radius 2 is 2.24 bits per heavy atom. The van der Waals surface area contributed by atoms with Gasteiger partial charge in [0.2, 0.25) is 0 Å². The van der Waals surface area contributed by atoms with Gasteiger partial charge in [0.05, 0.1) is 6.26 Å². The van der Waals surface area contributed by atoms with Crippen LogP contribution in [-0.2, 0) is 0 Å². The molecule has 1 aromatic heterocycles. The van der Waals surface area contributed by atoms with Gasteiger partial charge in [-0.25, -0.2) is 0 Å². The molecule has 1 aromatic carbocycles. The van der Waals surface area contributed by atoms with Crippen molar-refractivity contribution in [1.82, 2.24) is 0 Å². The monoisotopic (exact) mass is 296 g/mol. The first-order chi connectivity index (χ1) is 10.3. The first kappa shape index (κ1) is 12.5. The molecule has 2 heterocycles. The van der Waals surface area contributed by atoms with Gasteiger partial charge in [-0.15, -0.1) is 11.8 Å². The molecule has 0 saturated heterocycles. The van der Waals surface area contributed by atoms with Gasteiger partial charge in [0, 0.05) is 27.3 Å². The Kier molecular flexibility index (Phi) is 2.97. The summed E-state index contributed by atoms with van der Waals surface area (Å²) in [5.41, 5.74) is 1.59. The molecule has 0 radical (unpaired) electrons. The average Bonchev–Trinajstić information content (AvgIpc) is 3.01. The van der Waals surface area contributed by atoms with E-state index in [9.17, 15) is 4.79 Å². The first-order valence-electron chi connectivity index (χ1n) is 6.75. The van der Waals surface area contributed by atoms with Crippen LogP contribution in [0.1, 0.15) is 16.8 Å². The fourth-order valence-electron chi connectivity index (χ4n) is 2.54. The molecule has 21 heavy (non-hydrogen) atoms. The topological polar surface area (TPSA) is 39.4 Å². The van der Waals surface area contributed by atoms with Crippen molar-refractivity contribution >= 4 is 17.5 Å². The highest BCUT2D eigenvalue weighted by atomic mass is 32.2. The molecule has 0 saturated carbocycles. The van der Waals surface area contributed by atoms with Crippen LogP contribution in [0, 0.1) is 0 Å². The van der Waals surface area contributed by atoms with Crippen molar-refractivity contribution in [3.05, 3.63) is 66.0 Å². The van der Waals surface area contributed by atoms with Gasteiger partial charge in [-0.05, 0) is 30.7 Å². The minimum absolute atomic E-state index is 0.1000. The van der Waals surface area contributed by atoms with Crippen molar-refractivity contribution in [3.63, 3.8) is 0 Å². The van der Waals surface area contributed by atoms with E-state index >= 15 is 0 Å². The van der Waals surface area contributed by atoms with Crippen LogP contribution in [0.15, 0.2) is 69.7 Å². The quantitative estimate of drug-likeness (QED) is 0.811. The van der Waals surface area contributed by atoms with Crippen LogP contribution in [0.3, 0.4) is 0 Å². The summed E-state index contributed by atoms with van der Waals surface area (Å²) in [6.07, 6.45) is 8.45. The summed E-state index contributed by atoms with van der Waals surface area (Å²) in [5, 5.41) is 0.242. The zero-order valence-electron chi connectivity index (χ0n) is 11.1. The highest BCUT2D eigenvalue weighted by Crippen LogP contribution is 2.42. The van der Waals surface area contributed by atoms with E-state index in [4.69, 9.17) is 9.15 Å². The third kappa shape index (κ3) is 2.21. The zero-order valence-corrected chi connectivity index (χ0v) is 11.9. The Morgan fingerprint density at radius 1 is 1.29 bits per heavy atom. The number of rotatable bonds is 2. The maximum Gasteiger partial charge on any atom is 0.289 e. The van der Waals surface area contributed by atoms with E-state index in [2.05, 4.69) is 6.08 Å². The molecule has 1 aliphatic carbocycles. The molecule has 0 spiro atoms. The van der Waals surface area contributed by atoms with Crippen molar-refractivity contribution in [2.75, 3.05) is 0 Å². The summed E-state index contributed by atoms with van der Waals surface area (Å²) in [5.74, 6) is 1.13. The van der Waals surface area contributed by atoms with E-state index < -0.39 is 0 Å². The molecular weight excluding hydrogens is 284 g/mol. The van der Waals surface area contributed by atoms with Gasteiger partial charge in [0.25, 0.3) is 5.95 Å². The van der Waals surface area contributed by atoms with Gasteiger partial charge in [-0.2, -0.15) is 0 Å². The lowest BCUT2D eigenvalue weighted by Gasteiger charge is -2.26. The predicted molar refractivity (Wildman–Crippen MR) is 81.0 cm³/mol. The second-order valence-corrected chi connectivity index (χ2v) is 6.16. The molecule has 0 amide bonds. The minimum Gasteiger partial charge on any atom is -0.434 e. The van der Waals surface area contributed by atoms with Crippen molar-refractivity contribution in [1.29, 1.82) is 0 Å². The molecule has 1 aliphatic heterocycles. The van der Waals surface area contributed by atoms with Crippen molar-refractivity contribution in [2.45, 2.75) is 16.6 Å². The normalized spacial score (nSPS) is 19.7. The van der Waals surface area contributed by atoms with Crippen molar-refractivity contribution in [2.24, 2.45) is 0 Å². The summed E-state index contributed by atoms with van der Waals surface area (Å²) in [6, 6.07) is 9.11. The fourth-order valence-corrected chi connectivity index (χ4v) is 3.79. The molecule has 0 N–H and O–H groups in total. The van der Waals surface area contributed by atoms with Crippen molar-refractivity contribution < 1.29 is 13.9 Å². The Bertz CT molecular complexity index is 756. The Morgan fingerprint density at radius 3 is 3.10 bits per heavy atom. The van der Waals surface area contributed by atoms with Crippen LogP contribution < -0.4 is 4.74 Å². The summed E-state index contributed by atoms with van der Waals surface area (Å²) >= 11 is 1.74. The maximum absolute atomic E-state index is 12.6. The number of fused-ring (bicyclic) bond motifs is 2. The highest BCUT2D eigenvalue weighted by Gasteiger charge is 2.31. The van der Waals surface area contributed by atoms with E-state index in [0.717, 1.165) is 16.9 Å². The summed E-state index contributed by atoms with van der Waals surface area (Å²) < 4.78 is 10.8. The molecule has 2 aromatic rings. The largest absolute Gasteiger partial charge is 0.434 e. The molecule has 2 aliphatic rings. The van der Waals surface area contributed by atoms with Crippen LogP contribution in [0.25, 0.3) is 0 Å². The third-order valence-electron chi connectivity index (χ3n) is 3.55. The smallest absolute Gasteiger partial charge is 0.289 e. The summed E-state index contributed by atoms with van der Waals surface area (Å²) in [4.78, 5) is 13.6. The lowest BCUT2D eigenvalue weighted by molar-refractivity contribution is 0.102. The molecular formula is C17H12O3S. The number of furan rings is 1. The molecule has 1 atom stereocenters. The Balaban J connectivity index is 1.70. The van der Waals surface area contributed by atoms with Gasteiger partial charge in [0.1, 0.15) is 5.75 Å². The van der Waals surface area contributed by atoms with Gasteiger partial charge in [-0.1, -0.05) is 18.2 Å².